The molecular formula is C15H12BrFO2. The number of aliphatic hydroxyl groups is 1. The van der Waals surface area contributed by atoms with Crippen molar-refractivity contribution in [3.8, 4) is 5.75 Å². The van der Waals surface area contributed by atoms with Gasteiger partial charge in [0.05, 0.1) is 6.10 Å². The van der Waals surface area contributed by atoms with E-state index in [0.717, 1.165) is 10.0 Å². The van der Waals surface area contributed by atoms with Crippen LogP contribution in [0.4, 0.5) is 4.39 Å². The summed E-state index contributed by atoms with van der Waals surface area (Å²) >= 11 is 3.48. The fourth-order valence-electron chi connectivity index (χ4n) is 2.34. The van der Waals surface area contributed by atoms with Gasteiger partial charge in [-0.15, -0.1) is 0 Å². The van der Waals surface area contributed by atoms with Crippen LogP contribution in [0.25, 0.3) is 0 Å². The molecule has 98 valence electrons. The van der Waals surface area contributed by atoms with Gasteiger partial charge in [0.25, 0.3) is 0 Å². The largest absolute Gasteiger partial charge is 0.485 e. The Bertz CT molecular complexity index is 615. The number of aliphatic hydroxyl groups excluding tert-OH is 1. The SMILES string of the molecule is O[C@H]1CC(c2ccccc2Br)Oc2ccc(F)cc21. The van der Waals surface area contributed by atoms with E-state index in [9.17, 15) is 9.50 Å². The summed E-state index contributed by atoms with van der Waals surface area (Å²) in [6.45, 7) is 0. The standard InChI is InChI=1S/C15H12BrFO2/c16-12-4-2-1-3-10(12)15-8-13(18)11-7-9(17)5-6-14(11)19-15/h1-7,13,15,18H,8H2/t13-,15?/m0/s1. The van der Waals surface area contributed by atoms with Crippen molar-refractivity contribution < 1.29 is 14.2 Å². The molecule has 2 atom stereocenters. The normalized spacial score (nSPS) is 21.6. The van der Waals surface area contributed by atoms with Crippen LogP contribution in [0.5, 0.6) is 5.75 Å². The Morgan fingerprint density at radius 2 is 1.95 bits per heavy atom. The van der Waals surface area contributed by atoms with Crippen LogP contribution in [0, 0.1) is 5.82 Å². The predicted octanol–water partition coefficient (Wildman–Crippen LogP) is 4.15. The van der Waals surface area contributed by atoms with Gasteiger partial charge in [-0.25, -0.2) is 4.39 Å². The summed E-state index contributed by atoms with van der Waals surface area (Å²) < 4.78 is 20.0. The number of hydrogen-bond donors (Lipinski definition) is 1. The molecule has 0 saturated heterocycles. The molecule has 0 aromatic heterocycles. The Kier molecular flexibility index (Phi) is 3.29. The highest BCUT2D eigenvalue weighted by atomic mass is 79.9. The molecule has 0 amide bonds. The molecule has 0 aliphatic carbocycles. The topological polar surface area (TPSA) is 29.5 Å². The fraction of sp³-hybridized carbons (Fsp3) is 0.200. The van der Waals surface area contributed by atoms with Gasteiger partial charge in [0.1, 0.15) is 17.7 Å². The molecule has 3 rings (SSSR count). The number of ether oxygens (including phenoxy) is 1. The van der Waals surface area contributed by atoms with E-state index in [2.05, 4.69) is 15.9 Å². The molecular weight excluding hydrogens is 311 g/mol. The zero-order valence-corrected chi connectivity index (χ0v) is 11.6. The third-order valence-electron chi connectivity index (χ3n) is 3.29. The summed E-state index contributed by atoms with van der Waals surface area (Å²) in [6, 6.07) is 12.0. The van der Waals surface area contributed by atoms with Crippen molar-refractivity contribution in [2.45, 2.75) is 18.6 Å². The van der Waals surface area contributed by atoms with Gasteiger partial charge < -0.3 is 9.84 Å². The molecule has 0 radical (unpaired) electrons. The van der Waals surface area contributed by atoms with Crippen LogP contribution in [0.15, 0.2) is 46.9 Å². The first kappa shape index (κ1) is 12.6. The molecule has 2 aromatic carbocycles. The maximum absolute atomic E-state index is 13.2. The van der Waals surface area contributed by atoms with Crippen LogP contribution in [-0.2, 0) is 0 Å². The Balaban J connectivity index is 1.97. The van der Waals surface area contributed by atoms with Gasteiger partial charge in [0.2, 0.25) is 0 Å². The fourth-order valence-corrected chi connectivity index (χ4v) is 2.88. The van der Waals surface area contributed by atoms with E-state index in [4.69, 9.17) is 4.74 Å². The molecule has 2 nitrogen and oxygen atoms in total. The van der Waals surface area contributed by atoms with E-state index >= 15 is 0 Å². The van der Waals surface area contributed by atoms with Crippen LogP contribution in [0.1, 0.15) is 29.8 Å². The third-order valence-corrected chi connectivity index (χ3v) is 4.01. The van der Waals surface area contributed by atoms with Crippen molar-refractivity contribution in [1.82, 2.24) is 0 Å². The van der Waals surface area contributed by atoms with Crippen LogP contribution >= 0.6 is 15.9 Å². The highest BCUT2D eigenvalue weighted by Gasteiger charge is 2.29. The Morgan fingerprint density at radius 1 is 1.16 bits per heavy atom. The number of benzene rings is 2. The van der Waals surface area contributed by atoms with E-state index in [1.165, 1.54) is 12.1 Å². The average molecular weight is 323 g/mol. The molecule has 1 heterocycles. The summed E-state index contributed by atoms with van der Waals surface area (Å²) in [5.41, 5.74) is 1.50. The lowest BCUT2D eigenvalue weighted by Gasteiger charge is -2.30. The van der Waals surface area contributed by atoms with E-state index in [1.807, 2.05) is 24.3 Å². The third kappa shape index (κ3) is 2.38. The van der Waals surface area contributed by atoms with Gasteiger partial charge in [0.15, 0.2) is 0 Å². The molecule has 0 bridgehead atoms. The van der Waals surface area contributed by atoms with E-state index < -0.39 is 6.10 Å². The molecule has 1 N–H and O–H groups in total. The minimum atomic E-state index is -0.712. The molecule has 4 heteroatoms. The van der Waals surface area contributed by atoms with Crippen LogP contribution in [0.2, 0.25) is 0 Å². The number of fused-ring (bicyclic) bond motifs is 1. The van der Waals surface area contributed by atoms with E-state index in [0.29, 0.717) is 17.7 Å². The number of halogens is 2. The second-order valence-electron chi connectivity index (χ2n) is 4.56. The van der Waals surface area contributed by atoms with Crippen molar-refractivity contribution in [3.05, 3.63) is 63.9 Å². The predicted molar refractivity (Wildman–Crippen MR) is 73.5 cm³/mol. The maximum atomic E-state index is 13.2. The zero-order valence-electron chi connectivity index (χ0n) is 10.0. The Labute approximate surface area is 119 Å². The second kappa shape index (κ2) is 4.94. The average Bonchev–Trinajstić information content (AvgIpc) is 2.40. The molecule has 0 spiro atoms. The molecule has 1 unspecified atom stereocenters. The van der Waals surface area contributed by atoms with Crippen molar-refractivity contribution in [2.75, 3.05) is 0 Å². The van der Waals surface area contributed by atoms with Gasteiger partial charge in [-0.3, -0.25) is 0 Å². The van der Waals surface area contributed by atoms with Gasteiger partial charge in [0, 0.05) is 22.0 Å². The van der Waals surface area contributed by atoms with Crippen molar-refractivity contribution in [2.24, 2.45) is 0 Å². The van der Waals surface area contributed by atoms with Crippen molar-refractivity contribution in [1.29, 1.82) is 0 Å². The minimum absolute atomic E-state index is 0.233. The second-order valence-corrected chi connectivity index (χ2v) is 5.42. The summed E-state index contributed by atoms with van der Waals surface area (Å²) in [4.78, 5) is 0. The first-order chi connectivity index (χ1) is 9.15. The van der Waals surface area contributed by atoms with Crippen molar-refractivity contribution in [3.63, 3.8) is 0 Å². The molecule has 0 saturated carbocycles. The molecule has 1 aliphatic heterocycles. The summed E-state index contributed by atoms with van der Waals surface area (Å²) in [6.07, 6.45) is -0.529. The van der Waals surface area contributed by atoms with E-state index in [1.54, 1.807) is 6.07 Å². The minimum Gasteiger partial charge on any atom is -0.485 e. The molecule has 2 aromatic rings. The van der Waals surface area contributed by atoms with Crippen LogP contribution in [-0.4, -0.2) is 5.11 Å². The first-order valence-corrected chi connectivity index (χ1v) is 6.83. The monoisotopic (exact) mass is 322 g/mol. The molecule has 1 aliphatic rings. The maximum Gasteiger partial charge on any atom is 0.128 e. The van der Waals surface area contributed by atoms with E-state index in [-0.39, 0.29) is 11.9 Å². The highest BCUT2D eigenvalue weighted by molar-refractivity contribution is 9.10. The Morgan fingerprint density at radius 3 is 2.74 bits per heavy atom. The Hall–Kier alpha value is -1.39. The molecule has 19 heavy (non-hydrogen) atoms. The quantitative estimate of drug-likeness (QED) is 0.854. The summed E-state index contributed by atoms with van der Waals surface area (Å²) in [7, 11) is 0. The van der Waals surface area contributed by atoms with Crippen LogP contribution < -0.4 is 4.74 Å². The number of rotatable bonds is 1. The summed E-state index contributed by atoms with van der Waals surface area (Å²) in [5.74, 6) is 0.182. The lowest BCUT2D eigenvalue weighted by molar-refractivity contribution is 0.0650. The van der Waals surface area contributed by atoms with Gasteiger partial charge in [-0.05, 0) is 24.3 Å². The smallest absolute Gasteiger partial charge is 0.128 e. The number of hydrogen-bond acceptors (Lipinski definition) is 2. The van der Waals surface area contributed by atoms with Gasteiger partial charge in [-0.1, -0.05) is 34.1 Å². The van der Waals surface area contributed by atoms with Gasteiger partial charge in [-0.2, -0.15) is 0 Å². The summed E-state index contributed by atoms with van der Waals surface area (Å²) in [5, 5.41) is 10.1. The first-order valence-electron chi connectivity index (χ1n) is 6.04. The lowest BCUT2D eigenvalue weighted by atomic mass is 9.95. The zero-order chi connectivity index (χ0) is 13.4. The van der Waals surface area contributed by atoms with Crippen molar-refractivity contribution >= 4 is 15.9 Å². The highest BCUT2D eigenvalue weighted by Crippen LogP contribution is 2.42. The van der Waals surface area contributed by atoms with Gasteiger partial charge >= 0.3 is 0 Å². The molecule has 0 fully saturated rings. The van der Waals surface area contributed by atoms with Crippen LogP contribution in [0.3, 0.4) is 0 Å². The lowest BCUT2D eigenvalue weighted by Crippen LogP contribution is -2.19.